The molecule has 3 aromatic rings. The number of rotatable bonds is 3. The first-order valence-corrected chi connectivity index (χ1v) is 9.36. The van der Waals surface area contributed by atoms with Gasteiger partial charge in [0.05, 0.1) is 11.3 Å². The second kappa shape index (κ2) is 7.07. The molecule has 0 bridgehead atoms. The number of hydrogen-bond acceptors (Lipinski definition) is 5. The van der Waals surface area contributed by atoms with Crippen molar-refractivity contribution in [2.45, 2.75) is 19.8 Å². The van der Waals surface area contributed by atoms with E-state index in [1.54, 1.807) is 27.9 Å². The fourth-order valence-corrected chi connectivity index (χ4v) is 3.81. The van der Waals surface area contributed by atoms with Gasteiger partial charge in [0, 0.05) is 43.2 Å². The molecular weight excluding hydrogens is 356 g/mol. The van der Waals surface area contributed by atoms with Crippen LogP contribution < -0.4 is 0 Å². The number of aromatic hydroxyl groups is 1. The average molecular weight is 378 g/mol. The lowest BCUT2D eigenvalue weighted by Crippen LogP contribution is -2.40. The summed E-state index contributed by atoms with van der Waals surface area (Å²) < 4.78 is 1.71. The highest BCUT2D eigenvalue weighted by molar-refractivity contribution is 5.99. The number of Topliss-reactive ketones (excluding diaryl/α,β-unsaturated/α-hetero) is 1. The lowest BCUT2D eigenvalue weighted by Gasteiger charge is -2.31. The van der Waals surface area contributed by atoms with Gasteiger partial charge in [0.15, 0.2) is 11.4 Å². The van der Waals surface area contributed by atoms with Gasteiger partial charge < -0.3 is 10.0 Å². The monoisotopic (exact) mass is 378 g/mol. The molecule has 7 nitrogen and oxygen atoms in total. The molecule has 1 saturated heterocycles. The summed E-state index contributed by atoms with van der Waals surface area (Å²) in [4.78, 5) is 31.7. The second-order valence-corrected chi connectivity index (χ2v) is 7.28. The van der Waals surface area contributed by atoms with E-state index in [9.17, 15) is 14.7 Å². The van der Waals surface area contributed by atoms with Crippen molar-refractivity contribution < 1.29 is 14.7 Å². The molecule has 1 amide bonds. The molecule has 4 rings (SSSR count). The molecule has 1 N–H and O–H groups in total. The van der Waals surface area contributed by atoms with E-state index >= 15 is 0 Å². The van der Waals surface area contributed by atoms with Crippen LogP contribution in [0.4, 0.5) is 0 Å². The number of aryl methyl sites for hydroxylation is 2. The smallest absolute Gasteiger partial charge is 0.255 e. The molecule has 1 aromatic carbocycles. The highest BCUT2D eigenvalue weighted by atomic mass is 16.3. The summed E-state index contributed by atoms with van der Waals surface area (Å²) in [6.07, 6.45) is 2.86. The maximum absolute atomic E-state index is 12.9. The minimum atomic E-state index is -0.102. The Labute approximate surface area is 162 Å². The Morgan fingerprint density at radius 2 is 1.79 bits per heavy atom. The Balaban J connectivity index is 1.44. The lowest BCUT2D eigenvalue weighted by atomic mass is 9.88. The minimum absolute atomic E-state index is 0.0619. The SMILES string of the molecule is Cc1nn(C)c2ncc(C(=O)N3CCC(C(=O)c4ccc(O)cc4)CC3)cc12. The molecule has 0 aliphatic carbocycles. The number of carbonyl (C=O) groups excluding carboxylic acids is 2. The summed E-state index contributed by atoms with van der Waals surface area (Å²) in [5.41, 5.74) is 2.75. The number of fused-ring (bicyclic) bond motifs is 1. The normalized spacial score (nSPS) is 15.1. The zero-order chi connectivity index (χ0) is 19.8. The number of phenolic OH excluding ortho intramolecular Hbond substituents is 1. The van der Waals surface area contributed by atoms with Crippen LogP contribution in [0.5, 0.6) is 5.75 Å². The summed E-state index contributed by atoms with van der Waals surface area (Å²) in [7, 11) is 1.83. The molecule has 144 valence electrons. The molecule has 28 heavy (non-hydrogen) atoms. The number of ketones is 1. The van der Waals surface area contributed by atoms with Crippen LogP contribution in [0.15, 0.2) is 36.5 Å². The van der Waals surface area contributed by atoms with Crippen molar-refractivity contribution >= 4 is 22.7 Å². The maximum Gasteiger partial charge on any atom is 0.255 e. The van der Waals surface area contributed by atoms with Gasteiger partial charge in [0.1, 0.15) is 5.75 Å². The van der Waals surface area contributed by atoms with Gasteiger partial charge in [-0.25, -0.2) is 4.98 Å². The van der Waals surface area contributed by atoms with E-state index in [0.717, 1.165) is 16.7 Å². The van der Waals surface area contributed by atoms with Gasteiger partial charge >= 0.3 is 0 Å². The standard InChI is InChI=1S/C21H22N4O3/c1-13-18-11-16(12-22-20(18)24(2)23-13)21(28)25-9-7-15(8-10-25)19(27)14-3-5-17(26)6-4-14/h3-6,11-12,15,26H,7-10H2,1-2H3. The quantitative estimate of drug-likeness (QED) is 0.708. The predicted molar refractivity (Wildman–Crippen MR) is 104 cm³/mol. The van der Waals surface area contributed by atoms with Crippen LogP contribution >= 0.6 is 0 Å². The van der Waals surface area contributed by atoms with Crippen LogP contribution in [0.3, 0.4) is 0 Å². The van der Waals surface area contributed by atoms with E-state index in [2.05, 4.69) is 10.1 Å². The maximum atomic E-state index is 12.9. The van der Waals surface area contributed by atoms with Crippen LogP contribution in [0.25, 0.3) is 11.0 Å². The summed E-state index contributed by atoms with van der Waals surface area (Å²) in [6, 6.07) is 8.18. The molecule has 0 radical (unpaired) electrons. The molecule has 1 fully saturated rings. The Kier molecular flexibility index (Phi) is 4.58. The van der Waals surface area contributed by atoms with Gasteiger partial charge in [-0.05, 0) is 50.1 Å². The molecular formula is C21H22N4O3. The average Bonchev–Trinajstić information content (AvgIpc) is 3.01. The Bertz CT molecular complexity index is 1050. The molecule has 1 aliphatic rings. The Hall–Kier alpha value is -3.22. The fraction of sp³-hybridized carbons (Fsp3) is 0.333. The molecule has 2 aromatic heterocycles. The number of pyridine rings is 1. The Morgan fingerprint density at radius 1 is 1.11 bits per heavy atom. The third-order valence-electron chi connectivity index (χ3n) is 5.41. The fourth-order valence-electron chi connectivity index (χ4n) is 3.81. The first-order valence-electron chi connectivity index (χ1n) is 9.36. The van der Waals surface area contributed by atoms with Gasteiger partial charge in [-0.3, -0.25) is 14.3 Å². The number of phenols is 1. The molecule has 0 unspecified atom stereocenters. The minimum Gasteiger partial charge on any atom is -0.508 e. The van der Waals surface area contributed by atoms with Crippen LogP contribution in [0, 0.1) is 12.8 Å². The third-order valence-corrected chi connectivity index (χ3v) is 5.41. The highest BCUT2D eigenvalue weighted by Gasteiger charge is 2.28. The van der Waals surface area contributed by atoms with Crippen molar-refractivity contribution in [3.8, 4) is 5.75 Å². The van der Waals surface area contributed by atoms with Crippen molar-refractivity contribution in [1.29, 1.82) is 0 Å². The first kappa shape index (κ1) is 18.2. The molecule has 0 spiro atoms. The first-order chi connectivity index (χ1) is 13.4. The van der Waals surface area contributed by atoms with E-state index in [1.807, 2.05) is 20.0 Å². The van der Waals surface area contributed by atoms with Gasteiger partial charge in [-0.1, -0.05) is 0 Å². The topological polar surface area (TPSA) is 88.3 Å². The molecule has 0 saturated carbocycles. The molecule has 3 heterocycles. The summed E-state index contributed by atoms with van der Waals surface area (Å²) in [5.74, 6) is 0.0514. The number of piperidine rings is 1. The zero-order valence-electron chi connectivity index (χ0n) is 15.9. The van der Waals surface area contributed by atoms with Crippen LogP contribution in [-0.4, -0.2) is 49.6 Å². The number of amides is 1. The van der Waals surface area contributed by atoms with Gasteiger partial charge in [0.25, 0.3) is 5.91 Å². The van der Waals surface area contributed by atoms with Gasteiger partial charge in [-0.2, -0.15) is 5.10 Å². The summed E-state index contributed by atoms with van der Waals surface area (Å²) >= 11 is 0. The number of benzene rings is 1. The largest absolute Gasteiger partial charge is 0.508 e. The number of nitrogens with zero attached hydrogens (tertiary/aromatic N) is 4. The van der Waals surface area contributed by atoms with Gasteiger partial charge in [0.2, 0.25) is 0 Å². The molecule has 0 atom stereocenters. The van der Waals surface area contributed by atoms with Crippen LogP contribution in [0.2, 0.25) is 0 Å². The number of aromatic nitrogens is 3. The van der Waals surface area contributed by atoms with E-state index in [-0.39, 0.29) is 23.4 Å². The zero-order valence-corrected chi connectivity index (χ0v) is 15.9. The number of likely N-dealkylation sites (tertiary alicyclic amines) is 1. The lowest BCUT2D eigenvalue weighted by molar-refractivity contribution is 0.0650. The molecule has 7 heteroatoms. The summed E-state index contributed by atoms with van der Waals surface area (Å²) in [6.45, 7) is 2.98. The Morgan fingerprint density at radius 3 is 2.46 bits per heavy atom. The van der Waals surface area contributed by atoms with Crippen LogP contribution in [-0.2, 0) is 7.05 Å². The van der Waals surface area contributed by atoms with Crippen molar-refractivity contribution in [1.82, 2.24) is 19.7 Å². The highest BCUT2D eigenvalue weighted by Crippen LogP contribution is 2.25. The van der Waals surface area contributed by atoms with Crippen molar-refractivity contribution in [3.63, 3.8) is 0 Å². The molecule has 1 aliphatic heterocycles. The van der Waals surface area contributed by atoms with Crippen LogP contribution in [0.1, 0.15) is 39.3 Å². The van der Waals surface area contributed by atoms with E-state index in [0.29, 0.717) is 37.1 Å². The van der Waals surface area contributed by atoms with Crippen molar-refractivity contribution in [2.75, 3.05) is 13.1 Å². The predicted octanol–water partition coefficient (Wildman–Crippen LogP) is 2.72. The number of hydrogen-bond donors (Lipinski definition) is 1. The third kappa shape index (κ3) is 3.24. The number of carbonyl (C=O) groups is 2. The van der Waals surface area contributed by atoms with E-state index < -0.39 is 0 Å². The van der Waals surface area contributed by atoms with Crippen molar-refractivity contribution in [2.24, 2.45) is 13.0 Å². The second-order valence-electron chi connectivity index (χ2n) is 7.28. The van der Waals surface area contributed by atoms with Crippen molar-refractivity contribution in [3.05, 3.63) is 53.3 Å². The summed E-state index contributed by atoms with van der Waals surface area (Å²) in [5, 5.41) is 14.6. The van der Waals surface area contributed by atoms with E-state index in [1.165, 1.54) is 12.1 Å². The van der Waals surface area contributed by atoms with Gasteiger partial charge in [-0.15, -0.1) is 0 Å². The van der Waals surface area contributed by atoms with E-state index in [4.69, 9.17) is 0 Å².